The number of ether oxygens (including phenoxy) is 1. The van der Waals surface area contributed by atoms with Gasteiger partial charge in [0, 0.05) is 23.5 Å². The quantitative estimate of drug-likeness (QED) is 0.919. The maximum Gasteiger partial charge on any atom is 0.228 e. The number of anilines is 1. The topological polar surface area (TPSA) is 51.2 Å². The number of nitrogens with one attached hydrogen (secondary N) is 1. The van der Waals surface area contributed by atoms with Crippen LogP contribution in [-0.2, 0) is 11.2 Å². The van der Waals surface area contributed by atoms with Gasteiger partial charge in [-0.3, -0.25) is 9.78 Å². The molecule has 1 heterocycles. The Morgan fingerprint density at radius 2 is 2.25 bits per heavy atom. The lowest BCUT2D eigenvalue weighted by Gasteiger charge is -2.11. The summed E-state index contributed by atoms with van der Waals surface area (Å²) in [6.07, 6.45) is 3.61. The van der Waals surface area contributed by atoms with Gasteiger partial charge in [0.15, 0.2) is 0 Å². The lowest BCUT2D eigenvalue weighted by molar-refractivity contribution is -0.115. The largest absolute Gasteiger partial charge is 0.492 e. The van der Waals surface area contributed by atoms with E-state index in [1.54, 1.807) is 36.7 Å². The van der Waals surface area contributed by atoms with Crippen LogP contribution in [0.5, 0.6) is 5.75 Å². The molecular weight excluding hydrogens is 276 g/mol. The molecule has 0 aliphatic carbocycles. The highest BCUT2D eigenvalue weighted by molar-refractivity contribution is 6.30. The molecule has 0 atom stereocenters. The fourth-order valence-electron chi connectivity index (χ4n) is 1.76. The van der Waals surface area contributed by atoms with Crippen molar-refractivity contribution in [3.63, 3.8) is 0 Å². The van der Waals surface area contributed by atoms with E-state index in [1.165, 1.54) is 0 Å². The standard InChI is InChI=1S/C15H15ClN2O2/c1-2-20-14-9-12(16)5-6-13(14)18-15(19)8-11-4-3-7-17-10-11/h3-7,9-10H,2,8H2,1H3,(H,18,19). The van der Waals surface area contributed by atoms with E-state index in [1.807, 2.05) is 13.0 Å². The van der Waals surface area contributed by atoms with E-state index < -0.39 is 0 Å². The summed E-state index contributed by atoms with van der Waals surface area (Å²) >= 11 is 5.92. The van der Waals surface area contributed by atoms with Crippen LogP contribution in [0.3, 0.4) is 0 Å². The van der Waals surface area contributed by atoms with E-state index in [2.05, 4.69) is 10.3 Å². The summed E-state index contributed by atoms with van der Waals surface area (Å²) in [6, 6.07) is 8.79. The summed E-state index contributed by atoms with van der Waals surface area (Å²) in [5.41, 5.74) is 1.47. The van der Waals surface area contributed by atoms with E-state index in [0.717, 1.165) is 5.56 Å². The number of pyridine rings is 1. The Balaban J connectivity index is 2.07. The highest BCUT2D eigenvalue weighted by Gasteiger charge is 2.09. The monoisotopic (exact) mass is 290 g/mol. The van der Waals surface area contributed by atoms with Crippen molar-refractivity contribution in [1.29, 1.82) is 0 Å². The van der Waals surface area contributed by atoms with Crippen LogP contribution in [0.4, 0.5) is 5.69 Å². The van der Waals surface area contributed by atoms with Gasteiger partial charge in [-0.1, -0.05) is 17.7 Å². The van der Waals surface area contributed by atoms with Crippen molar-refractivity contribution in [2.75, 3.05) is 11.9 Å². The molecule has 0 fully saturated rings. The molecule has 5 heteroatoms. The zero-order valence-electron chi connectivity index (χ0n) is 11.1. The molecule has 1 amide bonds. The maximum absolute atomic E-state index is 12.0. The molecule has 0 saturated carbocycles. The zero-order chi connectivity index (χ0) is 14.4. The number of benzene rings is 1. The predicted molar refractivity (Wildman–Crippen MR) is 79.2 cm³/mol. The second-order valence-electron chi connectivity index (χ2n) is 4.16. The lowest BCUT2D eigenvalue weighted by Crippen LogP contribution is -2.15. The third-order valence-corrected chi connectivity index (χ3v) is 2.84. The second-order valence-corrected chi connectivity index (χ2v) is 4.60. The van der Waals surface area contributed by atoms with Gasteiger partial charge in [0.25, 0.3) is 0 Å². The summed E-state index contributed by atoms with van der Waals surface area (Å²) in [7, 11) is 0. The molecular formula is C15H15ClN2O2. The van der Waals surface area contributed by atoms with Crippen LogP contribution in [0, 0.1) is 0 Å². The smallest absolute Gasteiger partial charge is 0.228 e. The second kappa shape index (κ2) is 6.91. The third kappa shape index (κ3) is 3.96. The summed E-state index contributed by atoms with van der Waals surface area (Å²) in [6.45, 7) is 2.38. The summed E-state index contributed by atoms with van der Waals surface area (Å²) in [5, 5.41) is 3.39. The Labute approximate surface area is 122 Å². The number of aromatic nitrogens is 1. The maximum atomic E-state index is 12.0. The summed E-state index contributed by atoms with van der Waals surface area (Å²) in [4.78, 5) is 16.0. The van der Waals surface area contributed by atoms with Crippen LogP contribution < -0.4 is 10.1 Å². The van der Waals surface area contributed by atoms with E-state index in [4.69, 9.17) is 16.3 Å². The van der Waals surface area contributed by atoms with Crippen LogP contribution in [0.15, 0.2) is 42.7 Å². The number of carbonyl (C=O) groups is 1. The zero-order valence-corrected chi connectivity index (χ0v) is 11.9. The number of carbonyl (C=O) groups excluding carboxylic acids is 1. The summed E-state index contributed by atoms with van der Waals surface area (Å²) in [5.74, 6) is 0.445. The minimum Gasteiger partial charge on any atom is -0.492 e. The predicted octanol–water partition coefficient (Wildman–Crippen LogP) is 3.31. The van der Waals surface area contributed by atoms with Gasteiger partial charge in [-0.25, -0.2) is 0 Å². The average Bonchev–Trinajstić information content (AvgIpc) is 2.43. The van der Waals surface area contributed by atoms with Gasteiger partial charge < -0.3 is 10.1 Å². The van der Waals surface area contributed by atoms with E-state index in [0.29, 0.717) is 23.1 Å². The van der Waals surface area contributed by atoms with Crippen molar-refractivity contribution in [2.45, 2.75) is 13.3 Å². The summed E-state index contributed by atoms with van der Waals surface area (Å²) < 4.78 is 5.46. The Morgan fingerprint density at radius 1 is 1.40 bits per heavy atom. The first kappa shape index (κ1) is 14.3. The van der Waals surface area contributed by atoms with E-state index >= 15 is 0 Å². The van der Waals surface area contributed by atoms with Crippen molar-refractivity contribution in [3.8, 4) is 5.75 Å². The molecule has 0 spiro atoms. The number of amides is 1. The van der Waals surface area contributed by atoms with Gasteiger partial charge in [0.05, 0.1) is 18.7 Å². The van der Waals surface area contributed by atoms with E-state index in [9.17, 15) is 4.79 Å². The molecule has 2 aromatic rings. The van der Waals surface area contributed by atoms with Crippen molar-refractivity contribution in [2.24, 2.45) is 0 Å². The highest BCUT2D eigenvalue weighted by atomic mass is 35.5. The minimum atomic E-state index is -0.124. The molecule has 20 heavy (non-hydrogen) atoms. The first-order valence-electron chi connectivity index (χ1n) is 6.30. The van der Waals surface area contributed by atoms with Gasteiger partial charge in [-0.15, -0.1) is 0 Å². The molecule has 0 saturated heterocycles. The van der Waals surface area contributed by atoms with Crippen LogP contribution in [-0.4, -0.2) is 17.5 Å². The Bertz CT molecular complexity index is 588. The number of hydrogen-bond donors (Lipinski definition) is 1. The van der Waals surface area contributed by atoms with Gasteiger partial charge in [0.2, 0.25) is 5.91 Å². The fourth-order valence-corrected chi connectivity index (χ4v) is 1.92. The van der Waals surface area contributed by atoms with Crippen LogP contribution >= 0.6 is 11.6 Å². The molecule has 0 unspecified atom stereocenters. The van der Waals surface area contributed by atoms with Gasteiger partial charge in [0.1, 0.15) is 5.75 Å². The minimum absolute atomic E-state index is 0.124. The number of hydrogen-bond acceptors (Lipinski definition) is 3. The molecule has 1 aromatic heterocycles. The van der Waals surface area contributed by atoms with Gasteiger partial charge in [-0.2, -0.15) is 0 Å². The molecule has 2 rings (SSSR count). The lowest BCUT2D eigenvalue weighted by atomic mass is 10.2. The SMILES string of the molecule is CCOc1cc(Cl)ccc1NC(=O)Cc1cccnc1. The molecule has 0 aliphatic rings. The van der Waals surface area contributed by atoms with Gasteiger partial charge >= 0.3 is 0 Å². The molecule has 104 valence electrons. The number of nitrogens with zero attached hydrogens (tertiary/aromatic N) is 1. The van der Waals surface area contributed by atoms with Crippen LogP contribution in [0.25, 0.3) is 0 Å². The normalized spacial score (nSPS) is 10.1. The molecule has 0 radical (unpaired) electrons. The first-order valence-corrected chi connectivity index (χ1v) is 6.68. The molecule has 1 N–H and O–H groups in total. The van der Waals surface area contributed by atoms with Crippen LogP contribution in [0.1, 0.15) is 12.5 Å². The van der Waals surface area contributed by atoms with E-state index in [-0.39, 0.29) is 12.3 Å². The van der Waals surface area contributed by atoms with Crippen molar-refractivity contribution in [3.05, 3.63) is 53.3 Å². The Kier molecular flexibility index (Phi) is 4.96. The molecule has 1 aromatic carbocycles. The van der Waals surface area contributed by atoms with Gasteiger partial charge in [-0.05, 0) is 30.7 Å². The Hall–Kier alpha value is -2.07. The van der Waals surface area contributed by atoms with Crippen molar-refractivity contribution >= 4 is 23.2 Å². The number of rotatable bonds is 5. The molecule has 4 nitrogen and oxygen atoms in total. The number of halogens is 1. The molecule has 0 aliphatic heterocycles. The average molecular weight is 291 g/mol. The van der Waals surface area contributed by atoms with Crippen molar-refractivity contribution < 1.29 is 9.53 Å². The first-order chi connectivity index (χ1) is 9.69. The van der Waals surface area contributed by atoms with Crippen molar-refractivity contribution in [1.82, 2.24) is 4.98 Å². The Morgan fingerprint density at radius 3 is 2.95 bits per heavy atom. The molecule has 0 bridgehead atoms. The highest BCUT2D eigenvalue weighted by Crippen LogP contribution is 2.28. The third-order valence-electron chi connectivity index (χ3n) is 2.61. The van der Waals surface area contributed by atoms with Crippen LogP contribution in [0.2, 0.25) is 5.02 Å². The fraction of sp³-hybridized carbons (Fsp3) is 0.200.